The van der Waals surface area contributed by atoms with E-state index in [9.17, 15) is 10.2 Å². The number of rotatable bonds is 8. The predicted octanol–water partition coefficient (Wildman–Crippen LogP) is 2.45. The number of hydrogen-bond donors (Lipinski definition) is 2. The predicted molar refractivity (Wildman–Crippen MR) is 120 cm³/mol. The Hall–Kier alpha value is -2.12. The van der Waals surface area contributed by atoms with Gasteiger partial charge in [-0.25, -0.2) is 0 Å². The molecule has 6 nitrogen and oxygen atoms in total. The molecule has 0 spiro atoms. The molecule has 168 valence electrons. The van der Waals surface area contributed by atoms with Crippen LogP contribution in [0.5, 0.6) is 11.5 Å². The zero-order valence-electron chi connectivity index (χ0n) is 18.4. The summed E-state index contributed by atoms with van der Waals surface area (Å²) in [4.78, 5) is 4.63. The first-order chi connectivity index (χ1) is 15.1. The fourth-order valence-corrected chi connectivity index (χ4v) is 4.52. The van der Waals surface area contributed by atoms with Gasteiger partial charge >= 0.3 is 0 Å². The van der Waals surface area contributed by atoms with Crippen LogP contribution in [0, 0.1) is 0 Å². The molecule has 0 radical (unpaired) electrons. The number of aliphatic hydroxyl groups excluding tert-OH is 2. The molecule has 4 rings (SSSR count). The van der Waals surface area contributed by atoms with Gasteiger partial charge in [0, 0.05) is 39.3 Å². The molecule has 1 unspecified atom stereocenters. The molecule has 2 aliphatic heterocycles. The molecule has 0 saturated carbocycles. The van der Waals surface area contributed by atoms with Crippen molar-refractivity contribution >= 4 is 0 Å². The summed E-state index contributed by atoms with van der Waals surface area (Å²) in [6.07, 6.45) is 1.85. The molecule has 6 heteroatoms. The molecule has 1 saturated heterocycles. The van der Waals surface area contributed by atoms with E-state index in [-0.39, 0.29) is 12.7 Å². The van der Waals surface area contributed by atoms with Gasteiger partial charge in [0.05, 0.1) is 13.2 Å². The van der Waals surface area contributed by atoms with Crippen LogP contribution in [0.15, 0.2) is 42.5 Å². The number of ether oxygens (including phenoxy) is 2. The Balaban J connectivity index is 1.30. The van der Waals surface area contributed by atoms with E-state index in [2.05, 4.69) is 40.1 Å². The molecule has 31 heavy (non-hydrogen) atoms. The molecule has 0 amide bonds. The Morgan fingerprint density at radius 2 is 1.77 bits per heavy atom. The minimum atomic E-state index is -0.576. The highest BCUT2D eigenvalue weighted by Crippen LogP contribution is 2.29. The number of benzene rings is 2. The van der Waals surface area contributed by atoms with Gasteiger partial charge in [-0.1, -0.05) is 30.3 Å². The van der Waals surface area contributed by atoms with Crippen molar-refractivity contribution in [2.45, 2.75) is 44.6 Å². The van der Waals surface area contributed by atoms with E-state index < -0.39 is 6.10 Å². The van der Waals surface area contributed by atoms with Crippen molar-refractivity contribution in [2.24, 2.45) is 0 Å². The van der Waals surface area contributed by atoms with E-state index in [0.29, 0.717) is 18.0 Å². The van der Waals surface area contributed by atoms with Gasteiger partial charge in [0.15, 0.2) is 11.5 Å². The van der Waals surface area contributed by atoms with Crippen LogP contribution >= 0.6 is 0 Å². The molecule has 0 aliphatic carbocycles. The third-order valence-corrected chi connectivity index (χ3v) is 6.30. The number of nitrogens with zero attached hydrogens (tertiary/aromatic N) is 2. The number of piperidine rings is 1. The van der Waals surface area contributed by atoms with E-state index in [4.69, 9.17) is 9.47 Å². The van der Waals surface area contributed by atoms with Crippen molar-refractivity contribution in [1.82, 2.24) is 9.80 Å². The molecule has 0 bridgehead atoms. The highest BCUT2D eigenvalue weighted by atomic mass is 16.5. The van der Waals surface area contributed by atoms with Crippen LogP contribution in [0.25, 0.3) is 0 Å². The Morgan fingerprint density at radius 3 is 2.55 bits per heavy atom. The minimum absolute atomic E-state index is 0.202. The Labute approximate surface area is 185 Å². The van der Waals surface area contributed by atoms with Gasteiger partial charge in [0.25, 0.3) is 0 Å². The largest absolute Gasteiger partial charge is 0.493 e. The highest BCUT2D eigenvalue weighted by Gasteiger charge is 2.20. The average Bonchev–Trinajstić information content (AvgIpc) is 2.79. The molecule has 2 heterocycles. The van der Waals surface area contributed by atoms with E-state index in [1.807, 2.05) is 12.1 Å². The summed E-state index contributed by atoms with van der Waals surface area (Å²) in [6.45, 7) is 5.30. The van der Waals surface area contributed by atoms with Gasteiger partial charge in [-0.15, -0.1) is 0 Å². The first kappa shape index (κ1) is 22.1. The van der Waals surface area contributed by atoms with Crippen molar-refractivity contribution < 1.29 is 19.7 Å². The van der Waals surface area contributed by atoms with Gasteiger partial charge < -0.3 is 24.6 Å². The number of hydrogen-bond acceptors (Lipinski definition) is 6. The molecule has 2 aromatic rings. The lowest BCUT2D eigenvalue weighted by molar-refractivity contribution is 0.0333. The van der Waals surface area contributed by atoms with E-state index in [0.717, 1.165) is 52.0 Å². The fourth-order valence-electron chi connectivity index (χ4n) is 4.52. The first-order valence-corrected chi connectivity index (χ1v) is 11.3. The van der Waals surface area contributed by atoms with Crippen LogP contribution in [-0.4, -0.2) is 72.1 Å². The summed E-state index contributed by atoms with van der Waals surface area (Å²) in [7, 11) is 1.65. The maximum atomic E-state index is 10.4. The van der Waals surface area contributed by atoms with E-state index in [1.54, 1.807) is 7.11 Å². The summed E-state index contributed by atoms with van der Waals surface area (Å²) >= 11 is 0. The molecule has 0 aromatic heterocycles. The lowest BCUT2D eigenvalue weighted by atomic mass is 9.99. The molecule has 1 atom stereocenters. The van der Waals surface area contributed by atoms with Gasteiger partial charge in [-0.2, -0.15) is 0 Å². The second kappa shape index (κ2) is 10.5. The quantitative estimate of drug-likeness (QED) is 0.676. The summed E-state index contributed by atoms with van der Waals surface area (Å²) in [5.74, 6) is 1.35. The van der Waals surface area contributed by atoms with Crippen LogP contribution < -0.4 is 9.47 Å². The molecular weight excluding hydrogens is 392 g/mol. The van der Waals surface area contributed by atoms with Crippen LogP contribution in [-0.2, 0) is 19.5 Å². The maximum Gasteiger partial charge on any atom is 0.161 e. The lowest BCUT2D eigenvalue weighted by Crippen LogP contribution is -2.41. The smallest absolute Gasteiger partial charge is 0.161 e. The van der Waals surface area contributed by atoms with Crippen LogP contribution in [0.3, 0.4) is 0 Å². The Kier molecular flexibility index (Phi) is 7.45. The molecule has 2 aromatic carbocycles. The highest BCUT2D eigenvalue weighted by molar-refractivity contribution is 5.43. The zero-order valence-corrected chi connectivity index (χ0v) is 18.4. The van der Waals surface area contributed by atoms with Gasteiger partial charge in [0.2, 0.25) is 0 Å². The number of aliphatic hydroxyl groups is 2. The maximum absolute atomic E-state index is 10.4. The monoisotopic (exact) mass is 426 g/mol. The van der Waals surface area contributed by atoms with Crippen molar-refractivity contribution in [3.63, 3.8) is 0 Å². The Bertz CT molecular complexity index is 851. The van der Waals surface area contributed by atoms with Gasteiger partial charge in [0.1, 0.15) is 12.7 Å². The second-order valence-corrected chi connectivity index (χ2v) is 8.71. The van der Waals surface area contributed by atoms with Crippen molar-refractivity contribution in [2.75, 3.05) is 39.9 Å². The van der Waals surface area contributed by atoms with Crippen LogP contribution in [0.4, 0.5) is 0 Å². The van der Waals surface area contributed by atoms with Crippen molar-refractivity contribution in [3.05, 3.63) is 59.2 Å². The average molecular weight is 427 g/mol. The summed E-state index contributed by atoms with van der Waals surface area (Å²) in [5, 5.41) is 20.0. The third-order valence-electron chi connectivity index (χ3n) is 6.30. The van der Waals surface area contributed by atoms with Crippen molar-refractivity contribution in [1.29, 1.82) is 0 Å². The third kappa shape index (κ3) is 5.98. The zero-order chi connectivity index (χ0) is 21.6. The molecule has 1 fully saturated rings. The second-order valence-electron chi connectivity index (χ2n) is 8.71. The number of methoxy groups -OCH3 is 1. The van der Waals surface area contributed by atoms with Crippen molar-refractivity contribution in [3.8, 4) is 11.5 Å². The van der Waals surface area contributed by atoms with Gasteiger partial charge in [-0.05, 0) is 48.1 Å². The molecule has 2 aliphatic rings. The number of likely N-dealkylation sites (tertiary alicyclic amines) is 1. The number of β-amino-alcohol motifs (C(OH)–C–C–N with tert-alkyl or cyclic N) is 1. The minimum Gasteiger partial charge on any atom is -0.493 e. The van der Waals surface area contributed by atoms with Gasteiger partial charge in [-0.3, -0.25) is 4.90 Å². The summed E-state index contributed by atoms with van der Waals surface area (Å²) in [6, 6.07) is 14.7. The first-order valence-electron chi connectivity index (χ1n) is 11.3. The Morgan fingerprint density at radius 1 is 1.00 bits per heavy atom. The fraction of sp³-hybridized carbons (Fsp3) is 0.520. The molecular formula is C25H34N2O4. The van der Waals surface area contributed by atoms with Crippen LogP contribution in [0.2, 0.25) is 0 Å². The normalized spacial score (nSPS) is 19.1. The van der Waals surface area contributed by atoms with E-state index >= 15 is 0 Å². The van der Waals surface area contributed by atoms with Crippen LogP contribution in [0.1, 0.15) is 29.5 Å². The lowest BCUT2D eigenvalue weighted by Gasteiger charge is -2.31. The standard InChI is InChI=1S/C25H34N2O4/c1-30-25-14-19(15-27-11-8-20-4-2-3-5-21(20)16-27)6-7-24(25)31-18-23(29)17-26-12-9-22(28)10-13-26/h2-7,14,22-23,28-29H,8-13,15-18H2,1H3. The SMILES string of the molecule is COc1cc(CN2CCc3ccccc3C2)ccc1OCC(O)CN1CCC(O)CC1. The van der Waals surface area contributed by atoms with E-state index in [1.165, 1.54) is 16.7 Å². The molecule has 2 N–H and O–H groups in total. The topological polar surface area (TPSA) is 65.4 Å². The summed E-state index contributed by atoms with van der Waals surface area (Å²) < 4.78 is 11.4. The number of fused-ring (bicyclic) bond motifs is 1. The summed E-state index contributed by atoms with van der Waals surface area (Å²) in [5.41, 5.74) is 4.06.